The van der Waals surface area contributed by atoms with Gasteiger partial charge in [-0.3, -0.25) is 0 Å². The van der Waals surface area contributed by atoms with E-state index in [4.69, 9.17) is 5.26 Å². The second kappa shape index (κ2) is 5.99. The average Bonchev–Trinajstić information content (AvgIpc) is 2.89. The van der Waals surface area contributed by atoms with E-state index in [-0.39, 0.29) is 0 Å². The lowest BCUT2D eigenvalue weighted by molar-refractivity contribution is 0.261. The molecule has 0 radical (unpaired) electrons. The van der Waals surface area contributed by atoms with Crippen LogP contribution in [-0.2, 0) is 0 Å². The van der Waals surface area contributed by atoms with Crippen LogP contribution in [0.3, 0.4) is 0 Å². The SMILES string of the molecule is CCCN(CCCC#N)CC1CC1. The molecular formula is C11H20N2. The molecule has 0 aromatic rings. The van der Waals surface area contributed by atoms with Gasteiger partial charge in [0, 0.05) is 13.0 Å². The van der Waals surface area contributed by atoms with Crippen molar-refractivity contribution in [2.45, 2.75) is 39.0 Å². The first-order chi connectivity index (χ1) is 6.36. The maximum absolute atomic E-state index is 8.43. The Morgan fingerprint density at radius 2 is 2.15 bits per heavy atom. The van der Waals surface area contributed by atoms with Gasteiger partial charge in [0.2, 0.25) is 0 Å². The zero-order valence-electron chi connectivity index (χ0n) is 8.63. The molecule has 0 atom stereocenters. The molecule has 13 heavy (non-hydrogen) atoms. The second-order valence-electron chi connectivity index (χ2n) is 4.01. The molecule has 1 rings (SSSR count). The minimum Gasteiger partial charge on any atom is -0.303 e. The van der Waals surface area contributed by atoms with Crippen LogP contribution in [0.1, 0.15) is 39.0 Å². The third-order valence-electron chi connectivity index (χ3n) is 2.52. The van der Waals surface area contributed by atoms with Crippen LogP contribution < -0.4 is 0 Å². The summed E-state index contributed by atoms with van der Waals surface area (Å²) in [4.78, 5) is 2.52. The summed E-state index contributed by atoms with van der Waals surface area (Å²) in [6, 6.07) is 2.21. The molecule has 0 heterocycles. The van der Waals surface area contributed by atoms with Crippen LogP contribution in [-0.4, -0.2) is 24.5 Å². The Balaban J connectivity index is 2.08. The predicted octanol–water partition coefficient (Wildman–Crippen LogP) is 2.41. The van der Waals surface area contributed by atoms with Crippen LogP contribution in [0, 0.1) is 17.2 Å². The highest BCUT2D eigenvalue weighted by Crippen LogP contribution is 2.29. The lowest BCUT2D eigenvalue weighted by atomic mass is 10.2. The van der Waals surface area contributed by atoms with Gasteiger partial charge in [-0.1, -0.05) is 6.92 Å². The fourth-order valence-electron chi connectivity index (χ4n) is 1.66. The molecule has 0 amide bonds. The van der Waals surface area contributed by atoms with Crippen molar-refractivity contribution in [1.29, 1.82) is 5.26 Å². The number of hydrogen-bond donors (Lipinski definition) is 0. The Hall–Kier alpha value is -0.550. The van der Waals surface area contributed by atoms with Gasteiger partial charge < -0.3 is 4.90 Å². The maximum atomic E-state index is 8.43. The van der Waals surface area contributed by atoms with Gasteiger partial charge in [0.15, 0.2) is 0 Å². The van der Waals surface area contributed by atoms with E-state index in [0.29, 0.717) is 6.42 Å². The number of nitriles is 1. The zero-order chi connectivity index (χ0) is 9.52. The summed E-state index contributed by atoms with van der Waals surface area (Å²) < 4.78 is 0. The molecule has 0 saturated heterocycles. The molecule has 1 aliphatic rings. The van der Waals surface area contributed by atoms with Crippen molar-refractivity contribution in [3.05, 3.63) is 0 Å². The summed E-state index contributed by atoms with van der Waals surface area (Å²) in [6.45, 7) is 5.84. The Morgan fingerprint density at radius 1 is 1.38 bits per heavy atom. The third kappa shape index (κ3) is 4.90. The second-order valence-corrected chi connectivity index (χ2v) is 4.01. The number of rotatable bonds is 7. The van der Waals surface area contributed by atoms with Gasteiger partial charge in [-0.25, -0.2) is 0 Å². The predicted molar refractivity (Wildman–Crippen MR) is 54.3 cm³/mol. The molecule has 1 saturated carbocycles. The van der Waals surface area contributed by atoms with Gasteiger partial charge in [-0.05, 0) is 44.7 Å². The molecule has 0 unspecified atom stereocenters. The standard InChI is InChI=1S/C11H20N2/c1-2-8-13(9-4-3-7-12)10-11-5-6-11/h11H,2-6,8-10H2,1H3. The molecule has 74 valence electrons. The molecule has 0 N–H and O–H groups in total. The fourth-order valence-corrected chi connectivity index (χ4v) is 1.66. The summed E-state index contributed by atoms with van der Waals surface area (Å²) in [5, 5.41) is 8.43. The van der Waals surface area contributed by atoms with Gasteiger partial charge in [-0.15, -0.1) is 0 Å². The molecule has 0 spiro atoms. The fraction of sp³-hybridized carbons (Fsp3) is 0.909. The Labute approximate surface area is 81.5 Å². The molecule has 1 fully saturated rings. The van der Waals surface area contributed by atoms with E-state index in [1.807, 2.05) is 0 Å². The van der Waals surface area contributed by atoms with Crippen molar-refractivity contribution in [3.8, 4) is 6.07 Å². The van der Waals surface area contributed by atoms with Crippen LogP contribution in [0.5, 0.6) is 0 Å². The van der Waals surface area contributed by atoms with Crippen molar-refractivity contribution < 1.29 is 0 Å². The molecule has 0 aliphatic heterocycles. The van der Waals surface area contributed by atoms with Crippen molar-refractivity contribution in [3.63, 3.8) is 0 Å². The number of hydrogen-bond acceptors (Lipinski definition) is 2. The molecule has 0 aromatic carbocycles. The highest BCUT2D eigenvalue weighted by atomic mass is 15.1. The van der Waals surface area contributed by atoms with Crippen molar-refractivity contribution in [2.24, 2.45) is 5.92 Å². The normalized spacial score (nSPS) is 16.1. The summed E-state index contributed by atoms with van der Waals surface area (Å²) in [5.41, 5.74) is 0. The van der Waals surface area contributed by atoms with E-state index in [1.54, 1.807) is 0 Å². The van der Waals surface area contributed by atoms with Crippen LogP contribution in [0.25, 0.3) is 0 Å². The maximum Gasteiger partial charge on any atom is 0.0622 e. The van der Waals surface area contributed by atoms with E-state index in [1.165, 1.54) is 32.4 Å². The summed E-state index contributed by atoms with van der Waals surface area (Å²) >= 11 is 0. The van der Waals surface area contributed by atoms with Gasteiger partial charge >= 0.3 is 0 Å². The lowest BCUT2D eigenvalue weighted by Gasteiger charge is -2.20. The minimum absolute atomic E-state index is 0.713. The molecule has 2 heteroatoms. The zero-order valence-corrected chi connectivity index (χ0v) is 8.63. The van der Waals surface area contributed by atoms with Crippen LogP contribution >= 0.6 is 0 Å². The van der Waals surface area contributed by atoms with Crippen molar-refractivity contribution in [1.82, 2.24) is 4.90 Å². The number of nitrogens with zero attached hydrogens (tertiary/aromatic N) is 2. The first-order valence-electron chi connectivity index (χ1n) is 5.46. The van der Waals surface area contributed by atoms with E-state index in [9.17, 15) is 0 Å². The van der Waals surface area contributed by atoms with Crippen molar-refractivity contribution in [2.75, 3.05) is 19.6 Å². The Bertz CT molecular complexity index is 167. The summed E-state index contributed by atoms with van der Waals surface area (Å²) in [6.07, 6.45) is 5.85. The highest BCUT2D eigenvalue weighted by Gasteiger charge is 2.23. The molecule has 0 bridgehead atoms. The quantitative estimate of drug-likeness (QED) is 0.563. The van der Waals surface area contributed by atoms with Gasteiger partial charge in [0.05, 0.1) is 6.07 Å². The molecule has 0 aromatic heterocycles. The van der Waals surface area contributed by atoms with E-state index in [2.05, 4.69) is 17.9 Å². The smallest absolute Gasteiger partial charge is 0.0622 e. The minimum atomic E-state index is 0.713. The molecular weight excluding hydrogens is 160 g/mol. The Kier molecular flexibility index (Phi) is 4.85. The van der Waals surface area contributed by atoms with E-state index < -0.39 is 0 Å². The van der Waals surface area contributed by atoms with Gasteiger partial charge in [0.25, 0.3) is 0 Å². The molecule has 2 nitrogen and oxygen atoms in total. The summed E-state index contributed by atoms with van der Waals surface area (Å²) in [5.74, 6) is 0.980. The van der Waals surface area contributed by atoms with Crippen molar-refractivity contribution >= 4 is 0 Å². The van der Waals surface area contributed by atoms with Crippen LogP contribution in [0.4, 0.5) is 0 Å². The van der Waals surface area contributed by atoms with E-state index in [0.717, 1.165) is 18.9 Å². The molecule has 1 aliphatic carbocycles. The topological polar surface area (TPSA) is 27.0 Å². The first-order valence-corrected chi connectivity index (χ1v) is 5.46. The van der Waals surface area contributed by atoms with Crippen LogP contribution in [0.15, 0.2) is 0 Å². The van der Waals surface area contributed by atoms with Crippen LogP contribution in [0.2, 0.25) is 0 Å². The Morgan fingerprint density at radius 3 is 2.69 bits per heavy atom. The lowest BCUT2D eigenvalue weighted by Crippen LogP contribution is -2.27. The first kappa shape index (κ1) is 10.5. The monoisotopic (exact) mass is 180 g/mol. The average molecular weight is 180 g/mol. The van der Waals surface area contributed by atoms with Gasteiger partial charge in [-0.2, -0.15) is 5.26 Å². The third-order valence-corrected chi connectivity index (χ3v) is 2.52. The largest absolute Gasteiger partial charge is 0.303 e. The number of unbranched alkanes of at least 4 members (excludes halogenated alkanes) is 1. The highest BCUT2D eigenvalue weighted by molar-refractivity contribution is 4.78. The van der Waals surface area contributed by atoms with Gasteiger partial charge in [0.1, 0.15) is 0 Å². The van der Waals surface area contributed by atoms with E-state index >= 15 is 0 Å². The summed E-state index contributed by atoms with van der Waals surface area (Å²) in [7, 11) is 0.